The second-order valence-electron chi connectivity index (χ2n) is 5.98. The summed E-state index contributed by atoms with van der Waals surface area (Å²) in [5.41, 5.74) is 3.55. The van der Waals surface area contributed by atoms with Gasteiger partial charge in [0.2, 0.25) is 11.9 Å². The van der Waals surface area contributed by atoms with Crippen molar-refractivity contribution in [3.63, 3.8) is 0 Å². The van der Waals surface area contributed by atoms with Gasteiger partial charge in [-0.3, -0.25) is 4.79 Å². The predicted octanol–water partition coefficient (Wildman–Crippen LogP) is 4.25. The summed E-state index contributed by atoms with van der Waals surface area (Å²) in [6.07, 6.45) is 1.79. The number of carbonyl (C=O) groups excluding carboxylic acids is 1. The van der Waals surface area contributed by atoms with Crippen molar-refractivity contribution in [3.05, 3.63) is 66.4 Å². The van der Waals surface area contributed by atoms with Crippen molar-refractivity contribution in [1.29, 1.82) is 0 Å². The Hall–Kier alpha value is -3.41. The van der Waals surface area contributed by atoms with Crippen molar-refractivity contribution in [2.45, 2.75) is 13.8 Å². The van der Waals surface area contributed by atoms with Crippen LogP contribution in [0.5, 0.6) is 0 Å². The van der Waals surface area contributed by atoms with Gasteiger partial charge in [0.15, 0.2) is 0 Å². The summed E-state index contributed by atoms with van der Waals surface area (Å²) in [6, 6.07) is 17.4. The lowest BCUT2D eigenvalue weighted by Gasteiger charge is -2.21. The molecule has 0 aliphatic heterocycles. The fourth-order valence-corrected chi connectivity index (χ4v) is 2.60. The van der Waals surface area contributed by atoms with E-state index in [9.17, 15) is 4.79 Å². The van der Waals surface area contributed by atoms with Crippen LogP contribution < -0.4 is 15.5 Å². The number of rotatable bonds is 5. The smallest absolute Gasteiger partial charge is 0.229 e. The monoisotopic (exact) mass is 347 g/mol. The van der Waals surface area contributed by atoms with E-state index in [1.165, 1.54) is 6.92 Å². The van der Waals surface area contributed by atoms with Crippen LogP contribution in [0, 0.1) is 6.92 Å². The number of hydrogen-bond donors (Lipinski definition) is 2. The Kier molecular flexibility index (Phi) is 5.12. The van der Waals surface area contributed by atoms with Crippen LogP contribution in [0.2, 0.25) is 0 Å². The molecule has 0 fully saturated rings. The molecule has 0 spiro atoms. The van der Waals surface area contributed by atoms with Gasteiger partial charge < -0.3 is 15.5 Å². The first-order valence-corrected chi connectivity index (χ1v) is 8.30. The summed E-state index contributed by atoms with van der Waals surface area (Å²) in [7, 11) is 1.94. The number of aromatic nitrogens is 2. The normalized spacial score (nSPS) is 10.3. The molecule has 0 saturated carbocycles. The van der Waals surface area contributed by atoms with Crippen LogP contribution in [0.15, 0.2) is 60.8 Å². The molecule has 0 bridgehead atoms. The molecular weight excluding hydrogens is 326 g/mol. The van der Waals surface area contributed by atoms with Crippen LogP contribution in [0.1, 0.15) is 12.5 Å². The fourth-order valence-electron chi connectivity index (χ4n) is 2.60. The SMILES string of the molecule is CC(=O)Nc1cccc(N(C)c2nc(Nc3ccccc3)ncc2C)c1. The Morgan fingerprint density at radius 1 is 1.04 bits per heavy atom. The van der Waals surface area contributed by atoms with Gasteiger partial charge in [0, 0.05) is 42.8 Å². The number of aryl methyl sites for hydroxylation is 1. The van der Waals surface area contributed by atoms with Crippen LogP contribution in [0.3, 0.4) is 0 Å². The lowest BCUT2D eigenvalue weighted by Crippen LogP contribution is -2.15. The zero-order valence-electron chi connectivity index (χ0n) is 15.0. The summed E-state index contributed by atoms with van der Waals surface area (Å²) in [5.74, 6) is 1.22. The number of anilines is 5. The molecule has 0 aliphatic rings. The molecule has 2 aromatic carbocycles. The highest BCUT2D eigenvalue weighted by molar-refractivity contribution is 5.89. The van der Waals surface area contributed by atoms with Crippen molar-refractivity contribution in [2.75, 3.05) is 22.6 Å². The standard InChI is InChI=1S/C20H21N5O/c1-14-13-21-20(23-16-8-5-4-6-9-16)24-19(14)25(3)18-11-7-10-17(12-18)22-15(2)26/h4-13H,1-3H3,(H,22,26)(H,21,23,24). The van der Waals surface area contributed by atoms with Gasteiger partial charge in [-0.2, -0.15) is 4.98 Å². The van der Waals surface area contributed by atoms with E-state index >= 15 is 0 Å². The molecule has 3 aromatic rings. The largest absolute Gasteiger partial charge is 0.329 e. The minimum atomic E-state index is -0.0997. The predicted molar refractivity (Wildman–Crippen MR) is 105 cm³/mol. The molecule has 26 heavy (non-hydrogen) atoms. The Morgan fingerprint density at radius 2 is 1.77 bits per heavy atom. The summed E-state index contributed by atoms with van der Waals surface area (Å²) in [6.45, 7) is 3.46. The molecule has 6 nitrogen and oxygen atoms in total. The molecule has 6 heteroatoms. The highest BCUT2D eigenvalue weighted by atomic mass is 16.1. The average molecular weight is 347 g/mol. The van der Waals surface area contributed by atoms with Crippen molar-refractivity contribution in [1.82, 2.24) is 9.97 Å². The zero-order chi connectivity index (χ0) is 18.5. The number of amides is 1. The topological polar surface area (TPSA) is 70.2 Å². The van der Waals surface area contributed by atoms with E-state index in [4.69, 9.17) is 0 Å². The first-order chi connectivity index (χ1) is 12.5. The Balaban J connectivity index is 1.88. The first kappa shape index (κ1) is 17.4. The summed E-state index contributed by atoms with van der Waals surface area (Å²) in [5, 5.41) is 6.01. The van der Waals surface area contributed by atoms with Crippen molar-refractivity contribution in [2.24, 2.45) is 0 Å². The minimum absolute atomic E-state index is 0.0997. The molecule has 0 radical (unpaired) electrons. The molecule has 0 saturated heterocycles. The fraction of sp³-hybridized carbons (Fsp3) is 0.150. The van der Waals surface area contributed by atoms with Gasteiger partial charge in [0.05, 0.1) is 0 Å². The van der Waals surface area contributed by atoms with E-state index in [2.05, 4.69) is 20.6 Å². The van der Waals surface area contributed by atoms with Crippen LogP contribution in [-0.2, 0) is 4.79 Å². The maximum absolute atomic E-state index is 11.3. The molecule has 3 rings (SSSR count). The second-order valence-corrected chi connectivity index (χ2v) is 5.98. The molecule has 2 N–H and O–H groups in total. The summed E-state index contributed by atoms with van der Waals surface area (Å²) >= 11 is 0. The third-order valence-corrected chi connectivity index (χ3v) is 3.85. The second kappa shape index (κ2) is 7.65. The number of nitrogens with one attached hydrogen (secondary N) is 2. The van der Waals surface area contributed by atoms with E-state index in [1.54, 1.807) is 6.20 Å². The molecule has 1 amide bonds. The molecule has 0 aliphatic carbocycles. The van der Waals surface area contributed by atoms with E-state index in [-0.39, 0.29) is 5.91 Å². The number of para-hydroxylation sites is 1. The van der Waals surface area contributed by atoms with Gasteiger partial charge in [-0.1, -0.05) is 24.3 Å². The maximum Gasteiger partial charge on any atom is 0.229 e. The van der Waals surface area contributed by atoms with E-state index in [0.29, 0.717) is 5.95 Å². The van der Waals surface area contributed by atoms with E-state index in [0.717, 1.165) is 28.4 Å². The van der Waals surface area contributed by atoms with Crippen LogP contribution in [-0.4, -0.2) is 22.9 Å². The molecular formula is C20H21N5O. The molecule has 1 aromatic heterocycles. The van der Waals surface area contributed by atoms with Gasteiger partial charge >= 0.3 is 0 Å². The quantitative estimate of drug-likeness (QED) is 0.722. The van der Waals surface area contributed by atoms with Crippen molar-refractivity contribution in [3.8, 4) is 0 Å². The molecule has 132 valence electrons. The molecule has 0 unspecified atom stereocenters. The Morgan fingerprint density at radius 3 is 2.50 bits per heavy atom. The van der Waals surface area contributed by atoms with E-state index in [1.807, 2.05) is 73.5 Å². The van der Waals surface area contributed by atoms with Gasteiger partial charge in [-0.05, 0) is 37.3 Å². The average Bonchev–Trinajstić information content (AvgIpc) is 2.63. The van der Waals surface area contributed by atoms with Gasteiger partial charge in [-0.25, -0.2) is 4.98 Å². The lowest BCUT2D eigenvalue weighted by molar-refractivity contribution is -0.114. The number of nitrogens with zero attached hydrogens (tertiary/aromatic N) is 3. The number of benzene rings is 2. The lowest BCUT2D eigenvalue weighted by atomic mass is 10.2. The van der Waals surface area contributed by atoms with Crippen molar-refractivity contribution >= 4 is 34.7 Å². The maximum atomic E-state index is 11.3. The highest BCUT2D eigenvalue weighted by Crippen LogP contribution is 2.28. The van der Waals surface area contributed by atoms with Gasteiger partial charge in [-0.15, -0.1) is 0 Å². The third-order valence-electron chi connectivity index (χ3n) is 3.85. The third kappa shape index (κ3) is 4.16. The Bertz CT molecular complexity index is 911. The first-order valence-electron chi connectivity index (χ1n) is 8.30. The van der Waals surface area contributed by atoms with Gasteiger partial charge in [0.25, 0.3) is 0 Å². The summed E-state index contributed by atoms with van der Waals surface area (Å²) in [4.78, 5) is 22.3. The Labute approximate surface area is 152 Å². The van der Waals surface area contributed by atoms with Gasteiger partial charge in [0.1, 0.15) is 5.82 Å². The summed E-state index contributed by atoms with van der Waals surface area (Å²) < 4.78 is 0. The molecule has 1 heterocycles. The highest BCUT2D eigenvalue weighted by Gasteiger charge is 2.12. The van der Waals surface area contributed by atoms with Crippen LogP contribution >= 0.6 is 0 Å². The minimum Gasteiger partial charge on any atom is -0.329 e. The van der Waals surface area contributed by atoms with Crippen LogP contribution in [0.25, 0.3) is 0 Å². The van der Waals surface area contributed by atoms with Crippen LogP contribution in [0.4, 0.5) is 28.8 Å². The zero-order valence-corrected chi connectivity index (χ0v) is 15.0. The van der Waals surface area contributed by atoms with Crippen molar-refractivity contribution < 1.29 is 4.79 Å². The number of hydrogen-bond acceptors (Lipinski definition) is 5. The molecule has 0 atom stereocenters. The number of carbonyl (C=O) groups is 1. The van der Waals surface area contributed by atoms with E-state index < -0.39 is 0 Å².